The lowest BCUT2D eigenvalue weighted by Crippen LogP contribution is -2.14. The molecule has 0 aliphatic carbocycles. The molecule has 1 N–H and O–H groups in total. The van der Waals surface area contributed by atoms with Crippen LogP contribution in [0.5, 0.6) is 17.2 Å². The van der Waals surface area contributed by atoms with Gasteiger partial charge in [0.05, 0.1) is 47.1 Å². The average molecular weight is 435 g/mol. The Morgan fingerprint density at radius 1 is 1.08 bits per heavy atom. The smallest absolute Gasteiger partial charge is 0.257 e. The maximum Gasteiger partial charge on any atom is 0.257 e. The number of carbonyl (C=O) groups is 1. The zero-order chi connectivity index (χ0) is 17.9. The highest BCUT2D eigenvalue weighted by molar-refractivity contribution is 9.10. The average Bonchev–Trinajstić information content (AvgIpc) is 2.58. The van der Waals surface area contributed by atoms with E-state index in [1.165, 1.54) is 21.3 Å². The topological polar surface area (TPSA) is 56.8 Å². The van der Waals surface area contributed by atoms with E-state index < -0.39 is 5.91 Å². The molecule has 1 amide bonds. The summed E-state index contributed by atoms with van der Waals surface area (Å²) in [6.07, 6.45) is 0. The van der Waals surface area contributed by atoms with Gasteiger partial charge in [-0.2, -0.15) is 0 Å². The van der Waals surface area contributed by atoms with Crippen molar-refractivity contribution in [2.24, 2.45) is 0 Å². The van der Waals surface area contributed by atoms with Crippen molar-refractivity contribution in [3.63, 3.8) is 0 Å². The number of amides is 1. The Balaban J connectivity index is 2.48. The number of rotatable bonds is 5. The Hall–Kier alpha value is -1.63. The van der Waals surface area contributed by atoms with Crippen LogP contribution < -0.4 is 19.5 Å². The summed E-state index contributed by atoms with van der Waals surface area (Å²) in [4.78, 5) is 12.6. The summed E-state index contributed by atoms with van der Waals surface area (Å²) >= 11 is 15.4. The maximum atomic E-state index is 12.6. The van der Waals surface area contributed by atoms with E-state index in [9.17, 15) is 4.79 Å². The molecular formula is C16H14BrCl2NO4. The molecule has 0 saturated heterocycles. The highest BCUT2D eigenvalue weighted by Crippen LogP contribution is 2.45. The van der Waals surface area contributed by atoms with E-state index in [4.69, 9.17) is 37.4 Å². The van der Waals surface area contributed by atoms with Crippen molar-refractivity contribution in [3.05, 3.63) is 44.3 Å². The fourth-order valence-electron chi connectivity index (χ4n) is 2.08. The normalized spacial score (nSPS) is 10.2. The van der Waals surface area contributed by atoms with E-state index in [1.54, 1.807) is 24.3 Å². The molecule has 8 heteroatoms. The van der Waals surface area contributed by atoms with Crippen LogP contribution >= 0.6 is 39.1 Å². The van der Waals surface area contributed by atoms with Crippen molar-refractivity contribution in [1.29, 1.82) is 0 Å². The van der Waals surface area contributed by atoms with Crippen LogP contribution in [-0.2, 0) is 0 Å². The quantitative estimate of drug-likeness (QED) is 0.716. The molecule has 0 unspecified atom stereocenters. The van der Waals surface area contributed by atoms with E-state index in [2.05, 4.69) is 21.2 Å². The molecule has 2 rings (SSSR count). The van der Waals surface area contributed by atoms with Crippen LogP contribution in [0.25, 0.3) is 0 Å². The zero-order valence-electron chi connectivity index (χ0n) is 13.1. The van der Waals surface area contributed by atoms with Crippen LogP contribution in [-0.4, -0.2) is 27.2 Å². The van der Waals surface area contributed by atoms with Gasteiger partial charge in [-0.15, -0.1) is 0 Å². The Morgan fingerprint density at radius 3 is 2.33 bits per heavy atom. The summed E-state index contributed by atoms with van der Waals surface area (Å²) < 4.78 is 16.3. The van der Waals surface area contributed by atoms with Crippen LogP contribution in [0.15, 0.2) is 28.7 Å². The second-order valence-electron chi connectivity index (χ2n) is 4.56. The standard InChI is InChI=1S/C16H14BrCl2NO4/c1-22-11-7-8(12(17)15(24-3)14(11)23-2)16(21)20-10-6-4-5-9(18)13(10)19/h4-7H,1-3H3,(H,20,21). The second kappa shape index (κ2) is 7.96. The number of anilines is 1. The minimum absolute atomic E-state index is 0.260. The van der Waals surface area contributed by atoms with Gasteiger partial charge in [-0.1, -0.05) is 29.3 Å². The highest BCUT2D eigenvalue weighted by atomic mass is 79.9. The predicted molar refractivity (Wildman–Crippen MR) is 98.2 cm³/mol. The van der Waals surface area contributed by atoms with Gasteiger partial charge >= 0.3 is 0 Å². The van der Waals surface area contributed by atoms with E-state index in [1.807, 2.05) is 0 Å². The first-order valence-corrected chi connectivity index (χ1v) is 8.23. The molecule has 24 heavy (non-hydrogen) atoms. The van der Waals surface area contributed by atoms with Gasteiger partial charge in [0.1, 0.15) is 0 Å². The van der Waals surface area contributed by atoms with Crippen LogP contribution in [0.1, 0.15) is 10.4 Å². The van der Waals surface area contributed by atoms with Crippen molar-refractivity contribution in [1.82, 2.24) is 0 Å². The van der Waals surface area contributed by atoms with Crippen LogP contribution in [0, 0.1) is 0 Å². The van der Waals surface area contributed by atoms with Gasteiger partial charge in [0.25, 0.3) is 5.91 Å². The summed E-state index contributed by atoms with van der Waals surface area (Å²) in [5.41, 5.74) is 0.690. The summed E-state index contributed by atoms with van der Waals surface area (Å²) in [6, 6.07) is 6.51. The number of hydrogen-bond donors (Lipinski definition) is 1. The predicted octanol–water partition coefficient (Wildman–Crippen LogP) is 5.03. The minimum atomic E-state index is -0.412. The van der Waals surface area contributed by atoms with Crippen LogP contribution in [0.3, 0.4) is 0 Å². The van der Waals surface area contributed by atoms with Crippen molar-refractivity contribution < 1.29 is 19.0 Å². The molecule has 0 aromatic heterocycles. The number of nitrogens with one attached hydrogen (secondary N) is 1. The number of benzene rings is 2. The van der Waals surface area contributed by atoms with E-state index >= 15 is 0 Å². The number of ether oxygens (including phenoxy) is 3. The molecule has 0 aliphatic heterocycles. The summed E-state index contributed by atoms with van der Waals surface area (Å²) in [5.74, 6) is 0.675. The van der Waals surface area contributed by atoms with Gasteiger partial charge in [0, 0.05) is 0 Å². The molecule has 0 aliphatic rings. The molecule has 5 nitrogen and oxygen atoms in total. The van der Waals surface area contributed by atoms with E-state index in [-0.39, 0.29) is 5.02 Å². The summed E-state index contributed by atoms with van der Waals surface area (Å²) in [7, 11) is 4.43. The van der Waals surface area contributed by atoms with Gasteiger partial charge in [-0.05, 0) is 34.1 Å². The van der Waals surface area contributed by atoms with Crippen LogP contribution in [0.2, 0.25) is 10.0 Å². The van der Waals surface area contributed by atoms with Crippen LogP contribution in [0.4, 0.5) is 5.69 Å². The Morgan fingerprint density at radius 2 is 1.75 bits per heavy atom. The Bertz CT molecular complexity index is 783. The summed E-state index contributed by atoms with van der Waals surface area (Å²) in [6.45, 7) is 0. The number of methoxy groups -OCH3 is 3. The van der Waals surface area contributed by atoms with Crippen molar-refractivity contribution in [2.45, 2.75) is 0 Å². The molecule has 2 aromatic carbocycles. The molecule has 0 heterocycles. The minimum Gasteiger partial charge on any atom is -0.493 e. The Labute approximate surface area is 157 Å². The molecule has 0 saturated carbocycles. The highest BCUT2D eigenvalue weighted by Gasteiger charge is 2.23. The first-order chi connectivity index (χ1) is 11.4. The largest absolute Gasteiger partial charge is 0.493 e. The van der Waals surface area contributed by atoms with Gasteiger partial charge in [0.15, 0.2) is 11.5 Å². The van der Waals surface area contributed by atoms with Gasteiger partial charge < -0.3 is 19.5 Å². The van der Waals surface area contributed by atoms with E-state index in [0.717, 1.165) is 0 Å². The first-order valence-electron chi connectivity index (χ1n) is 6.68. The van der Waals surface area contributed by atoms with Gasteiger partial charge in [-0.25, -0.2) is 0 Å². The fourth-order valence-corrected chi connectivity index (χ4v) is 3.06. The number of carbonyl (C=O) groups excluding carboxylic acids is 1. The second-order valence-corrected chi connectivity index (χ2v) is 6.14. The SMILES string of the molecule is COc1cc(C(=O)Nc2cccc(Cl)c2Cl)c(Br)c(OC)c1OC. The molecule has 2 aromatic rings. The molecule has 0 radical (unpaired) electrons. The van der Waals surface area contributed by atoms with Crippen molar-refractivity contribution in [3.8, 4) is 17.2 Å². The zero-order valence-corrected chi connectivity index (χ0v) is 16.2. The molecular weight excluding hydrogens is 421 g/mol. The molecule has 0 atom stereocenters. The third-order valence-electron chi connectivity index (χ3n) is 3.21. The molecule has 0 bridgehead atoms. The number of halogens is 3. The third kappa shape index (κ3) is 3.55. The van der Waals surface area contributed by atoms with Gasteiger partial charge in [-0.3, -0.25) is 4.79 Å². The maximum absolute atomic E-state index is 12.6. The van der Waals surface area contributed by atoms with E-state index in [0.29, 0.717) is 38.0 Å². The lowest BCUT2D eigenvalue weighted by molar-refractivity contribution is 0.102. The van der Waals surface area contributed by atoms with Gasteiger partial charge in [0.2, 0.25) is 5.75 Å². The molecule has 128 valence electrons. The molecule has 0 spiro atoms. The monoisotopic (exact) mass is 433 g/mol. The lowest BCUT2D eigenvalue weighted by atomic mass is 10.1. The lowest BCUT2D eigenvalue weighted by Gasteiger charge is -2.17. The fraction of sp³-hybridized carbons (Fsp3) is 0.188. The van der Waals surface area contributed by atoms with Crippen molar-refractivity contribution in [2.75, 3.05) is 26.6 Å². The van der Waals surface area contributed by atoms with Crippen molar-refractivity contribution >= 4 is 50.7 Å². The third-order valence-corrected chi connectivity index (χ3v) is 4.82. The first kappa shape index (κ1) is 18.7. The molecule has 0 fully saturated rings. The summed E-state index contributed by atoms with van der Waals surface area (Å²) in [5, 5.41) is 3.32. The Kier molecular flexibility index (Phi) is 6.21. The number of hydrogen-bond acceptors (Lipinski definition) is 4.